The van der Waals surface area contributed by atoms with Gasteiger partial charge < -0.3 is 5.32 Å². The molecule has 1 amide bonds. The Morgan fingerprint density at radius 1 is 0.879 bits per heavy atom. The van der Waals surface area contributed by atoms with E-state index in [1.807, 2.05) is 78.2 Å². The smallest absolute Gasteiger partial charge is 0.267 e. The van der Waals surface area contributed by atoms with Crippen molar-refractivity contribution in [1.82, 2.24) is 20.1 Å². The quantitative estimate of drug-likeness (QED) is 0.411. The van der Waals surface area contributed by atoms with Crippen molar-refractivity contribution in [3.05, 3.63) is 106 Å². The fraction of sp³-hybridized carbons (Fsp3) is 0.0769. The summed E-state index contributed by atoms with van der Waals surface area (Å²) in [6, 6.07) is 27.1. The van der Waals surface area contributed by atoms with Crippen molar-refractivity contribution in [2.75, 3.05) is 0 Å². The largest absolute Gasteiger partial charge is 0.349 e. The van der Waals surface area contributed by atoms with Gasteiger partial charge in [0.25, 0.3) is 5.56 Å². The average molecular weight is 453 g/mol. The monoisotopic (exact) mass is 452 g/mol. The fourth-order valence-electron chi connectivity index (χ4n) is 3.55. The van der Waals surface area contributed by atoms with Crippen LogP contribution in [0.2, 0.25) is 0 Å². The SMILES string of the molecule is O=C(Cn1nc(-c2ccc3ccccc3c2)ccc1=O)NCc1csc(-c2ccccc2)n1. The number of fused-ring (bicyclic) bond motifs is 1. The van der Waals surface area contributed by atoms with Crippen LogP contribution in [0.15, 0.2) is 95.1 Å². The first kappa shape index (κ1) is 20.8. The van der Waals surface area contributed by atoms with Gasteiger partial charge in [-0.1, -0.05) is 66.7 Å². The van der Waals surface area contributed by atoms with Crippen molar-refractivity contribution < 1.29 is 4.79 Å². The molecule has 5 aromatic rings. The zero-order valence-electron chi connectivity index (χ0n) is 17.6. The van der Waals surface area contributed by atoms with Crippen molar-refractivity contribution >= 4 is 28.0 Å². The second kappa shape index (κ2) is 9.18. The lowest BCUT2D eigenvalue weighted by atomic mass is 10.1. The summed E-state index contributed by atoms with van der Waals surface area (Å²) in [5.74, 6) is -0.297. The summed E-state index contributed by atoms with van der Waals surface area (Å²) in [4.78, 5) is 29.4. The van der Waals surface area contributed by atoms with E-state index in [-0.39, 0.29) is 18.0 Å². The lowest BCUT2D eigenvalue weighted by molar-refractivity contribution is -0.122. The zero-order chi connectivity index (χ0) is 22.6. The number of nitrogens with zero attached hydrogens (tertiary/aromatic N) is 3. The molecule has 7 heteroatoms. The Hall–Kier alpha value is -4.10. The van der Waals surface area contributed by atoms with Gasteiger partial charge in [0.1, 0.15) is 11.6 Å². The molecule has 0 aliphatic rings. The highest BCUT2D eigenvalue weighted by atomic mass is 32.1. The van der Waals surface area contributed by atoms with Crippen LogP contribution >= 0.6 is 11.3 Å². The van der Waals surface area contributed by atoms with Gasteiger partial charge in [0.15, 0.2) is 0 Å². The topological polar surface area (TPSA) is 76.9 Å². The van der Waals surface area contributed by atoms with E-state index >= 15 is 0 Å². The van der Waals surface area contributed by atoms with Crippen LogP contribution in [0.5, 0.6) is 0 Å². The summed E-state index contributed by atoms with van der Waals surface area (Å²) in [6.07, 6.45) is 0. The number of nitrogens with one attached hydrogen (secondary N) is 1. The van der Waals surface area contributed by atoms with E-state index in [4.69, 9.17) is 0 Å². The Bertz CT molecular complexity index is 1490. The van der Waals surface area contributed by atoms with E-state index in [2.05, 4.69) is 15.4 Å². The maximum atomic E-state index is 12.5. The molecule has 0 atom stereocenters. The summed E-state index contributed by atoms with van der Waals surface area (Å²) in [7, 11) is 0. The van der Waals surface area contributed by atoms with Crippen molar-refractivity contribution in [1.29, 1.82) is 0 Å². The second-order valence-electron chi connectivity index (χ2n) is 7.56. The van der Waals surface area contributed by atoms with Crippen LogP contribution in [0.3, 0.4) is 0 Å². The van der Waals surface area contributed by atoms with Crippen molar-refractivity contribution in [2.24, 2.45) is 0 Å². The maximum Gasteiger partial charge on any atom is 0.267 e. The molecule has 0 fully saturated rings. The molecule has 0 saturated carbocycles. The molecule has 33 heavy (non-hydrogen) atoms. The Labute approximate surface area is 194 Å². The van der Waals surface area contributed by atoms with E-state index in [9.17, 15) is 9.59 Å². The molecule has 3 aromatic carbocycles. The van der Waals surface area contributed by atoms with E-state index in [0.717, 1.165) is 32.6 Å². The molecule has 0 bridgehead atoms. The molecular formula is C26H20N4O2S. The van der Waals surface area contributed by atoms with Crippen molar-refractivity contribution in [3.63, 3.8) is 0 Å². The van der Waals surface area contributed by atoms with Gasteiger partial charge in [0, 0.05) is 22.6 Å². The number of benzene rings is 3. The lowest BCUT2D eigenvalue weighted by Gasteiger charge is -2.08. The molecule has 0 spiro atoms. The molecule has 0 aliphatic heterocycles. The van der Waals surface area contributed by atoms with Gasteiger partial charge in [0.05, 0.1) is 17.9 Å². The van der Waals surface area contributed by atoms with Gasteiger partial charge in [-0.05, 0) is 22.9 Å². The van der Waals surface area contributed by atoms with E-state index in [0.29, 0.717) is 12.2 Å². The van der Waals surface area contributed by atoms with Gasteiger partial charge >= 0.3 is 0 Å². The minimum Gasteiger partial charge on any atom is -0.349 e. The van der Waals surface area contributed by atoms with E-state index in [1.54, 1.807) is 6.07 Å². The first-order chi connectivity index (χ1) is 16.2. The number of carbonyl (C=O) groups excluding carboxylic acids is 1. The molecule has 162 valence electrons. The van der Waals surface area contributed by atoms with Crippen LogP contribution in [-0.4, -0.2) is 20.7 Å². The van der Waals surface area contributed by atoms with E-state index in [1.165, 1.54) is 22.1 Å². The highest BCUT2D eigenvalue weighted by molar-refractivity contribution is 7.13. The zero-order valence-corrected chi connectivity index (χ0v) is 18.5. The van der Waals surface area contributed by atoms with E-state index < -0.39 is 0 Å². The third-order valence-corrected chi connectivity index (χ3v) is 6.18. The van der Waals surface area contributed by atoms with Crippen LogP contribution < -0.4 is 10.9 Å². The van der Waals surface area contributed by atoms with Crippen LogP contribution in [0.25, 0.3) is 32.6 Å². The Kier molecular flexibility index (Phi) is 5.78. The van der Waals surface area contributed by atoms with Crippen LogP contribution in [0, 0.1) is 0 Å². The summed E-state index contributed by atoms with van der Waals surface area (Å²) in [5.41, 5.74) is 3.02. The fourth-order valence-corrected chi connectivity index (χ4v) is 4.37. The predicted molar refractivity (Wildman–Crippen MR) is 131 cm³/mol. The molecule has 1 N–H and O–H groups in total. The Morgan fingerprint density at radius 2 is 1.67 bits per heavy atom. The molecule has 2 aromatic heterocycles. The highest BCUT2D eigenvalue weighted by Crippen LogP contribution is 2.23. The molecule has 2 heterocycles. The number of amides is 1. The molecule has 0 aliphatic carbocycles. The molecule has 0 unspecified atom stereocenters. The molecule has 5 rings (SSSR count). The standard InChI is InChI=1S/C26H20N4O2S/c31-24(27-15-22-17-33-26(28-22)19-7-2-1-3-8-19)16-30-25(32)13-12-23(29-30)21-11-10-18-6-4-5-9-20(18)14-21/h1-14,17H,15-16H2,(H,27,31). The van der Waals surface area contributed by atoms with Gasteiger partial charge in [0.2, 0.25) is 5.91 Å². The molecular weight excluding hydrogens is 432 g/mol. The molecule has 0 saturated heterocycles. The summed E-state index contributed by atoms with van der Waals surface area (Å²) < 4.78 is 1.19. The summed E-state index contributed by atoms with van der Waals surface area (Å²) in [5, 5.41) is 12.3. The van der Waals surface area contributed by atoms with Gasteiger partial charge in [-0.15, -0.1) is 11.3 Å². The number of aromatic nitrogens is 3. The number of hydrogen-bond acceptors (Lipinski definition) is 5. The van der Waals surface area contributed by atoms with Gasteiger partial charge in [-0.2, -0.15) is 5.10 Å². The van der Waals surface area contributed by atoms with Crippen molar-refractivity contribution in [2.45, 2.75) is 13.1 Å². The summed E-state index contributed by atoms with van der Waals surface area (Å²) >= 11 is 1.53. The Morgan fingerprint density at radius 3 is 2.52 bits per heavy atom. The number of carbonyl (C=O) groups is 1. The normalized spacial score (nSPS) is 10.9. The van der Waals surface area contributed by atoms with Crippen LogP contribution in [-0.2, 0) is 17.9 Å². The van der Waals surface area contributed by atoms with Gasteiger partial charge in [-0.25, -0.2) is 9.67 Å². The number of hydrogen-bond donors (Lipinski definition) is 1. The second-order valence-corrected chi connectivity index (χ2v) is 8.42. The third-order valence-electron chi connectivity index (χ3n) is 5.24. The minimum absolute atomic E-state index is 0.157. The number of rotatable bonds is 6. The third kappa shape index (κ3) is 4.73. The maximum absolute atomic E-state index is 12.5. The van der Waals surface area contributed by atoms with Gasteiger partial charge in [-0.3, -0.25) is 9.59 Å². The minimum atomic E-state index is -0.324. The first-order valence-electron chi connectivity index (χ1n) is 10.5. The summed E-state index contributed by atoms with van der Waals surface area (Å²) in [6.45, 7) is 0.136. The average Bonchev–Trinajstić information content (AvgIpc) is 3.34. The lowest BCUT2D eigenvalue weighted by Crippen LogP contribution is -2.33. The first-order valence-corrected chi connectivity index (χ1v) is 11.4. The van der Waals surface area contributed by atoms with Crippen LogP contribution in [0.4, 0.5) is 0 Å². The number of thiazole rings is 1. The predicted octanol–water partition coefficient (Wildman–Crippen LogP) is 4.50. The molecule has 6 nitrogen and oxygen atoms in total. The highest BCUT2D eigenvalue weighted by Gasteiger charge is 2.10. The Balaban J connectivity index is 1.27. The van der Waals surface area contributed by atoms with Crippen molar-refractivity contribution in [3.8, 4) is 21.8 Å². The molecule has 0 radical (unpaired) electrons. The van der Waals surface area contributed by atoms with Crippen LogP contribution in [0.1, 0.15) is 5.69 Å².